The van der Waals surface area contributed by atoms with Gasteiger partial charge in [0.05, 0.1) is 6.04 Å². The van der Waals surface area contributed by atoms with E-state index < -0.39 is 0 Å². The second kappa shape index (κ2) is 16.2. The molecular formula is C35H44N4OS. The summed E-state index contributed by atoms with van der Waals surface area (Å²) in [6, 6.07) is 27.0. The van der Waals surface area contributed by atoms with E-state index >= 15 is 0 Å². The second-order valence-corrected chi connectivity index (χ2v) is 11.9. The van der Waals surface area contributed by atoms with Crippen molar-refractivity contribution in [3.05, 3.63) is 107 Å². The minimum Gasteiger partial charge on any atom is -0.346 e. The first-order valence-corrected chi connectivity index (χ1v) is 16.1. The number of hydrogen-bond donors (Lipinski definition) is 1. The smallest absolute Gasteiger partial charge is 0.220 e. The molecule has 6 heteroatoms. The minimum atomic E-state index is -0.295. The van der Waals surface area contributed by atoms with Crippen LogP contribution in [0, 0.1) is 13.8 Å². The van der Waals surface area contributed by atoms with Crippen molar-refractivity contribution in [1.82, 2.24) is 20.1 Å². The van der Waals surface area contributed by atoms with Gasteiger partial charge in [-0.3, -0.25) is 9.36 Å². The molecule has 1 heterocycles. The average molecular weight is 569 g/mol. The number of rotatable bonds is 16. The molecule has 0 saturated carbocycles. The van der Waals surface area contributed by atoms with E-state index in [9.17, 15) is 4.79 Å². The molecule has 216 valence electrons. The van der Waals surface area contributed by atoms with E-state index in [1.165, 1.54) is 48.8 Å². The Morgan fingerprint density at radius 1 is 0.805 bits per heavy atom. The predicted octanol–water partition coefficient (Wildman–Crippen LogP) is 8.72. The van der Waals surface area contributed by atoms with Crippen molar-refractivity contribution in [2.75, 3.05) is 0 Å². The fourth-order valence-electron chi connectivity index (χ4n) is 5.05. The standard InChI is InChI=1S/C35H44N4OS/c1-4-5-6-7-8-9-13-19-33(40)36-32(25-29-16-11-10-12-17-29)34-37-38-35(39(34)31-22-20-27(2)21-23-31)41-26-30-18-14-15-28(3)24-30/h10-12,14-18,20-24,32H,4-9,13,19,25-26H2,1-3H3,(H,36,40). The molecule has 41 heavy (non-hydrogen) atoms. The molecule has 4 rings (SSSR count). The third-order valence-corrected chi connectivity index (χ3v) is 8.34. The van der Waals surface area contributed by atoms with Crippen molar-refractivity contribution in [3.63, 3.8) is 0 Å². The molecule has 0 saturated heterocycles. The highest BCUT2D eigenvalue weighted by molar-refractivity contribution is 7.98. The number of hydrogen-bond acceptors (Lipinski definition) is 4. The van der Waals surface area contributed by atoms with Gasteiger partial charge in [-0.05, 0) is 49.9 Å². The van der Waals surface area contributed by atoms with Crippen LogP contribution in [-0.4, -0.2) is 20.7 Å². The summed E-state index contributed by atoms with van der Waals surface area (Å²) < 4.78 is 2.13. The van der Waals surface area contributed by atoms with Crippen molar-refractivity contribution in [3.8, 4) is 5.69 Å². The third-order valence-electron chi connectivity index (χ3n) is 7.34. The molecule has 0 aliphatic carbocycles. The van der Waals surface area contributed by atoms with Crippen LogP contribution in [0.1, 0.15) is 92.4 Å². The Hall–Kier alpha value is -3.38. The minimum absolute atomic E-state index is 0.0758. The van der Waals surface area contributed by atoms with Crippen LogP contribution >= 0.6 is 11.8 Å². The lowest BCUT2D eigenvalue weighted by molar-refractivity contribution is -0.122. The van der Waals surface area contributed by atoms with Crippen molar-refractivity contribution in [2.45, 2.75) is 95.5 Å². The van der Waals surface area contributed by atoms with Crippen LogP contribution < -0.4 is 5.32 Å². The van der Waals surface area contributed by atoms with Gasteiger partial charge in [0.25, 0.3) is 0 Å². The highest BCUT2D eigenvalue weighted by atomic mass is 32.2. The van der Waals surface area contributed by atoms with Crippen LogP contribution in [0.25, 0.3) is 5.69 Å². The molecule has 1 unspecified atom stereocenters. The maximum atomic E-state index is 13.2. The van der Waals surface area contributed by atoms with Gasteiger partial charge in [0.15, 0.2) is 11.0 Å². The molecule has 3 aromatic carbocycles. The maximum absolute atomic E-state index is 13.2. The van der Waals surface area contributed by atoms with Gasteiger partial charge in [0, 0.05) is 17.9 Å². The number of unbranched alkanes of at least 4 members (excludes halogenated alkanes) is 6. The number of carbonyl (C=O) groups excluding carboxylic acids is 1. The van der Waals surface area contributed by atoms with Crippen molar-refractivity contribution in [2.24, 2.45) is 0 Å². The predicted molar refractivity (Wildman–Crippen MR) is 170 cm³/mol. The van der Waals surface area contributed by atoms with E-state index in [2.05, 4.69) is 96.4 Å². The van der Waals surface area contributed by atoms with E-state index in [0.717, 1.165) is 40.8 Å². The number of nitrogens with zero attached hydrogens (tertiary/aromatic N) is 3. The molecule has 5 nitrogen and oxygen atoms in total. The topological polar surface area (TPSA) is 59.8 Å². The molecule has 1 atom stereocenters. The Morgan fingerprint density at radius 3 is 2.24 bits per heavy atom. The summed E-state index contributed by atoms with van der Waals surface area (Å²) >= 11 is 1.67. The highest BCUT2D eigenvalue weighted by Gasteiger charge is 2.25. The van der Waals surface area contributed by atoms with Gasteiger partial charge in [-0.15, -0.1) is 10.2 Å². The van der Waals surface area contributed by atoms with E-state index in [1.807, 2.05) is 18.2 Å². The Labute approximate surface area is 250 Å². The summed E-state index contributed by atoms with van der Waals surface area (Å²) in [4.78, 5) is 13.2. The van der Waals surface area contributed by atoms with Gasteiger partial charge in [-0.1, -0.05) is 135 Å². The lowest BCUT2D eigenvalue weighted by Crippen LogP contribution is -2.31. The summed E-state index contributed by atoms with van der Waals surface area (Å²) in [6.45, 7) is 6.44. The van der Waals surface area contributed by atoms with Crippen LogP contribution in [-0.2, 0) is 17.0 Å². The van der Waals surface area contributed by atoms with Crippen LogP contribution in [0.15, 0.2) is 84.0 Å². The van der Waals surface area contributed by atoms with Gasteiger partial charge in [0.1, 0.15) is 0 Å². The Bertz CT molecular complexity index is 1350. The fourth-order valence-corrected chi connectivity index (χ4v) is 5.95. The zero-order chi connectivity index (χ0) is 28.9. The maximum Gasteiger partial charge on any atom is 0.220 e. The first-order valence-electron chi connectivity index (χ1n) is 15.1. The molecule has 1 amide bonds. The van der Waals surface area contributed by atoms with Gasteiger partial charge in [-0.25, -0.2) is 0 Å². The fraction of sp³-hybridized carbons (Fsp3) is 0.400. The summed E-state index contributed by atoms with van der Waals surface area (Å²) in [5.74, 6) is 1.63. The quantitative estimate of drug-likeness (QED) is 0.108. The zero-order valence-corrected chi connectivity index (χ0v) is 25.6. The number of aromatic nitrogens is 3. The zero-order valence-electron chi connectivity index (χ0n) is 24.8. The van der Waals surface area contributed by atoms with Crippen molar-refractivity contribution >= 4 is 17.7 Å². The van der Waals surface area contributed by atoms with Gasteiger partial charge >= 0.3 is 0 Å². The Balaban J connectivity index is 1.56. The molecule has 0 aliphatic heterocycles. The molecule has 0 fully saturated rings. The molecule has 1 aromatic heterocycles. The normalized spacial score (nSPS) is 11.9. The first-order chi connectivity index (χ1) is 20.0. The highest BCUT2D eigenvalue weighted by Crippen LogP contribution is 2.29. The van der Waals surface area contributed by atoms with Crippen LogP contribution in [0.3, 0.4) is 0 Å². The molecular weight excluding hydrogens is 524 g/mol. The monoisotopic (exact) mass is 568 g/mol. The SMILES string of the molecule is CCCCCCCCCC(=O)NC(Cc1ccccc1)c1nnc(SCc2cccc(C)c2)n1-c1ccc(C)cc1. The number of thioether (sulfide) groups is 1. The first kappa shape index (κ1) is 30.6. The number of nitrogens with one attached hydrogen (secondary N) is 1. The number of carbonyl (C=O) groups is 1. The van der Waals surface area contributed by atoms with Crippen LogP contribution in [0.2, 0.25) is 0 Å². The summed E-state index contributed by atoms with van der Waals surface area (Å²) in [5, 5.41) is 13.5. The number of aryl methyl sites for hydroxylation is 2. The molecule has 0 aliphatic rings. The number of amides is 1. The van der Waals surface area contributed by atoms with E-state index in [0.29, 0.717) is 12.8 Å². The summed E-state index contributed by atoms with van der Waals surface area (Å²) in [7, 11) is 0. The lowest BCUT2D eigenvalue weighted by atomic mass is 10.0. The Kier molecular flexibility index (Phi) is 12.1. The van der Waals surface area contributed by atoms with Crippen molar-refractivity contribution in [1.29, 1.82) is 0 Å². The summed E-state index contributed by atoms with van der Waals surface area (Å²) in [6.07, 6.45) is 9.50. The van der Waals surface area contributed by atoms with E-state index in [4.69, 9.17) is 5.10 Å². The summed E-state index contributed by atoms with van der Waals surface area (Å²) in [5.41, 5.74) is 5.85. The molecule has 1 N–H and O–H groups in total. The average Bonchev–Trinajstić information content (AvgIpc) is 3.40. The largest absolute Gasteiger partial charge is 0.346 e. The van der Waals surface area contributed by atoms with E-state index in [-0.39, 0.29) is 11.9 Å². The number of benzene rings is 3. The van der Waals surface area contributed by atoms with Gasteiger partial charge in [-0.2, -0.15) is 0 Å². The molecule has 0 bridgehead atoms. The van der Waals surface area contributed by atoms with E-state index in [1.54, 1.807) is 11.8 Å². The van der Waals surface area contributed by atoms with Crippen LogP contribution in [0.4, 0.5) is 0 Å². The van der Waals surface area contributed by atoms with Gasteiger partial charge < -0.3 is 5.32 Å². The van der Waals surface area contributed by atoms with Crippen LogP contribution in [0.5, 0.6) is 0 Å². The lowest BCUT2D eigenvalue weighted by Gasteiger charge is -2.20. The van der Waals surface area contributed by atoms with Crippen molar-refractivity contribution < 1.29 is 4.79 Å². The van der Waals surface area contributed by atoms with Gasteiger partial charge in [0.2, 0.25) is 5.91 Å². The molecule has 0 spiro atoms. The second-order valence-electron chi connectivity index (χ2n) is 11.0. The third kappa shape index (κ3) is 9.60. The molecule has 4 aromatic rings. The Morgan fingerprint density at radius 2 is 1.51 bits per heavy atom. The molecule has 0 radical (unpaired) electrons.